The first-order valence-corrected chi connectivity index (χ1v) is 6.46. The fourth-order valence-corrected chi connectivity index (χ4v) is 2.16. The van der Waals surface area contributed by atoms with Crippen LogP contribution in [0.4, 0.5) is 18.9 Å². The average molecular weight is 351 g/mol. The summed E-state index contributed by atoms with van der Waals surface area (Å²) in [5, 5.41) is 3.02. The highest BCUT2D eigenvalue weighted by Gasteiger charge is 2.08. The van der Waals surface area contributed by atoms with Gasteiger partial charge in [-0.1, -0.05) is 11.6 Å². The highest BCUT2D eigenvalue weighted by atomic mass is 79.9. The van der Waals surface area contributed by atoms with Crippen molar-refractivity contribution >= 4 is 33.2 Å². The first kappa shape index (κ1) is 14.2. The SMILES string of the molecule is Fc1cc(Cl)cc(CNc2cc(Br)c(F)cc2F)c1. The number of rotatable bonds is 3. The van der Waals surface area contributed by atoms with E-state index in [-0.39, 0.29) is 21.7 Å². The largest absolute Gasteiger partial charge is 0.379 e. The lowest BCUT2D eigenvalue weighted by atomic mass is 10.2. The summed E-state index contributed by atoms with van der Waals surface area (Å²) in [5.74, 6) is -1.87. The molecule has 0 atom stereocenters. The number of benzene rings is 2. The average Bonchev–Trinajstić information content (AvgIpc) is 2.31. The van der Waals surface area contributed by atoms with E-state index in [0.29, 0.717) is 5.56 Å². The summed E-state index contributed by atoms with van der Waals surface area (Å²) in [4.78, 5) is 0. The van der Waals surface area contributed by atoms with Gasteiger partial charge in [0.25, 0.3) is 0 Å². The Morgan fingerprint density at radius 3 is 2.42 bits per heavy atom. The predicted molar refractivity (Wildman–Crippen MR) is 72.8 cm³/mol. The molecular weight excluding hydrogens is 343 g/mol. The van der Waals surface area contributed by atoms with E-state index in [2.05, 4.69) is 21.2 Å². The maximum absolute atomic E-state index is 13.5. The summed E-state index contributed by atoms with van der Waals surface area (Å²) in [6, 6.07) is 6.08. The maximum Gasteiger partial charge on any atom is 0.149 e. The van der Waals surface area contributed by atoms with Crippen LogP contribution in [-0.2, 0) is 6.54 Å². The fourth-order valence-electron chi connectivity index (χ4n) is 1.57. The van der Waals surface area contributed by atoms with Gasteiger partial charge in [0.2, 0.25) is 0 Å². The Bertz CT molecular complexity index is 599. The van der Waals surface area contributed by atoms with E-state index in [1.807, 2.05) is 0 Å². The molecule has 0 fully saturated rings. The minimum Gasteiger partial charge on any atom is -0.379 e. The molecule has 6 heteroatoms. The zero-order valence-corrected chi connectivity index (χ0v) is 11.8. The van der Waals surface area contributed by atoms with Crippen LogP contribution in [0.3, 0.4) is 0 Å². The fraction of sp³-hybridized carbons (Fsp3) is 0.0769. The molecule has 0 unspecified atom stereocenters. The van der Waals surface area contributed by atoms with E-state index in [1.165, 1.54) is 18.2 Å². The zero-order valence-electron chi connectivity index (χ0n) is 9.48. The van der Waals surface area contributed by atoms with Crippen LogP contribution in [0.5, 0.6) is 0 Å². The molecule has 0 amide bonds. The Morgan fingerprint density at radius 1 is 1.00 bits per heavy atom. The molecule has 1 nitrogen and oxygen atoms in total. The minimum absolute atomic E-state index is 0.119. The highest BCUT2D eigenvalue weighted by molar-refractivity contribution is 9.10. The minimum atomic E-state index is -0.719. The lowest BCUT2D eigenvalue weighted by molar-refractivity contribution is 0.580. The van der Waals surface area contributed by atoms with Gasteiger partial charge in [0.05, 0.1) is 10.2 Å². The number of hydrogen-bond acceptors (Lipinski definition) is 1. The van der Waals surface area contributed by atoms with E-state index in [1.54, 1.807) is 6.07 Å². The van der Waals surface area contributed by atoms with Gasteiger partial charge in [0.15, 0.2) is 0 Å². The van der Waals surface area contributed by atoms with Gasteiger partial charge in [0, 0.05) is 17.6 Å². The van der Waals surface area contributed by atoms with Crippen molar-refractivity contribution in [2.45, 2.75) is 6.54 Å². The molecule has 0 aromatic heterocycles. The van der Waals surface area contributed by atoms with Crippen molar-refractivity contribution in [1.29, 1.82) is 0 Å². The maximum atomic E-state index is 13.5. The first-order valence-electron chi connectivity index (χ1n) is 5.29. The van der Waals surface area contributed by atoms with Gasteiger partial charge in [-0.3, -0.25) is 0 Å². The summed E-state index contributed by atoms with van der Waals surface area (Å²) in [7, 11) is 0. The van der Waals surface area contributed by atoms with Gasteiger partial charge >= 0.3 is 0 Å². The third-order valence-corrected chi connectivity index (χ3v) is 3.24. The van der Waals surface area contributed by atoms with Crippen molar-refractivity contribution in [3.63, 3.8) is 0 Å². The summed E-state index contributed by atoms with van der Waals surface area (Å²) in [6.07, 6.45) is 0. The molecule has 0 spiro atoms. The van der Waals surface area contributed by atoms with Crippen molar-refractivity contribution in [3.8, 4) is 0 Å². The van der Waals surface area contributed by atoms with Crippen LogP contribution in [0.2, 0.25) is 5.02 Å². The molecule has 100 valence electrons. The van der Waals surface area contributed by atoms with E-state index in [0.717, 1.165) is 6.07 Å². The normalized spacial score (nSPS) is 10.6. The van der Waals surface area contributed by atoms with Gasteiger partial charge in [-0.2, -0.15) is 0 Å². The lowest BCUT2D eigenvalue weighted by Crippen LogP contribution is -2.02. The molecule has 0 aliphatic carbocycles. The van der Waals surface area contributed by atoms with Crippen LogP contribution >= 0.6 is 27.5 Å². The topological polar surface area (TPSA) is 12.0 Å². The number of halogens is 5. The van der Waals surface area contributed by atoms with E-state index in [9.17, 15) is 13.2 Å². The first-order chi connectivity index (χ1) is 8.95. The molecule has 2 aromatic rings. The third-order valence-electron chi connectivity index (χ3n) is 2.42. The van der Waals surface area contributed by atoms with E-state index in [4.69, 9.17) is 11.6 Å². The molecule has 19 heavy (non-hydrogen) atoms. The number of anilines is 1. The van der Waals surface area contributed by atoms with Crippen molar-refractivity contribution < 1.29 is 13.2 Å². The second kappa shape index (κ2) is 5.84. The van der Waals surface area contributed by atoms with Crippen molar-refractivity contribution in [3.05, 3.63) is 62.8 Å². The molecule has 0 heterocycles. The summed E-state index contributed by atoms with van der Waals surface area (Å²) in [6.45, 7) is 0.173. The van der Waals surface area contributed by atoms with Crippen molar-refractivity contribution in [2.75, 3.05) is 5.32 Å². The summed E-state index contributed by atoms with van der Waals surface area (Å²) in [5.41, 5.74) is 0.679. The summed E-state index contributed by atoms with van der Waals surface area (Å²) >= 11 is 8.68. The second-order valence-corrected chi connectivity index (χ2v) is 5.17. The molecule has 0 saturated carbocycles. The second-order valence-electron chi connectivity index (χ2n) is 3.88. The molecular formula is C13H8BrClF3N. The smallest absolute Gasteiger partial charge is 0.149 e. The monoisotopic (exact) mass is 349 g/mol. The Balaban J connectivity index is 2.16. The third kappa shape index (κ3) is 3.64. The van der Waals surface area contributed by atoms with Crippen LogP contribution in [0.25, 0.3) is 0 Å². The van der Waals surface area contributed by atoms with Gasteiger partial charge in [-0.05, 0) is 45.8 Å². The molecule has 0 aliphatic heterocycles. The van der Waals surface area contributed by atoms with E-state index < -0.39 is 17.5 Å². The van der Waals surface area contributed by atoms with Crippen LogP contribution in [0.15, 0.2) is 34.8 Å². The van der Waals surface area contributed by atoms with Crippen LogP contribution in [0.1, 0.15) is 5.56 Å². The molecule has 0 bridgehead atoms. The molecule has 0 aliphatic rings. The predicted octanol–water partition coefficient (Wildman–Crippen LogP) is 5.13. The van der Waals surface area contributed by atoms with Gasteiger partial charge in [0.1, 0.15) is 17.5 Å². The number of nitrogens with one attached hydrogen (secondary N) is 1. The van der Waals surface area contributed by atoms with Crippen molar-refractivity contribution in [2.24, 2.45) is 0 Å². The molecule has 2 aromatic carbocycles. The highest BCUT2D eigenvalue weighted by Crippen LogP contribution is 2.24. The van der Waals surface area contributed by atoms with Gasteiger partial charge in [-0.15, -0.1) is 0 Å². The molecule has 2 rings (SSSR count). The zero-order chi connectivity index (χ0) is 14.0. The van der Waals surface area contributed by atoms with Crippen molar-refractivity contribution in [1.82, 2.24) is 0 Å². The Morgan fingerprint density at radius 2 is 1.74 bits per heavy atom. The van der Waals surface area contributed by atoms with Crippen LogP contribution < -0.4 is 5.32 Å². The molecule has 0 saturated heterocycles. The standard InChI is InChI=1S/C13H8BrClF3N/c14-10-4-13(12(18)5-11(10)17)19-6-7-1-8(15)3-9(16)2-7/h1-5,19H,6H2. The number of hydrogen-bond donors (Lipinski definition) is 1. The Kier molecular flexibility index (Phi) is 4.37. The van der Waals surface area contributed by atoms with Crippen LogP contribution in [-0.4, -0.2) is 0 Å². The Labute approximate surface area is 121 Å². The van der Waals surface area contributed by atoms with Crippen LogP contribution in [0, 0.1) is 17.5 Å². The lowest BCUT2D eigenvalue weighted by Gasteiger charge is -2.09. The molecule has 0 radical (unpaired) electrons. The van der Waals surface area contributed by atoms with E-state index >= 15 is 0 Å². The van der Waals surface area contributed by atoms with Gasteiger partial charge < -0.3 is 5.32 Å². The molecule has 1 N–H and O–H groups in total. The summed E-state index contributed by atoms with van der Waals surface area (Å²) < 4.78 is 39.8. The quantitative estimate of drug-likeness (QED) is 0.757. The Hall–Kier alpha value is -1.20. The van der Waals surface area contributed by atoms with Gasteiger partial charge in [-0.25, -0.2) is 13.2 Å².